The molecule has 0 saturated carbocycles. The molecule has 2 aliphatic rings. The molecule has 0 spiro atoms. The van der Waals surface area contributed by atoms with Gasteiger partial charge >= 0.3 is 127 Å². The SMILES string of the molecule is CN1CCCI(N2CCN(C)c3cc(Cl)nnc32)C1. The molecular weight excluding hydrogens is 377 g/mol. The summed E-state index contributed by atoms with van der Waals surface area (Å²) in [7, 11) is 4.33. The van der Waals surface area contributed by atoms with Gasteiger partial charge < -0.3 is 0 Å². The standard InChI is InChI=1S/C12H19ClIN5/c1-17-5-3-4-14(9-17)19-7-6-18(2)10-8-11(13)15-16-12(10)19/h8H,3-7,9H2,1-2H3. The maximum atomic E-state index is 5.98. The maximum absolute atomic E-state index is 5.98. The Balaban J connectivity index is 1.90. The van der Waals surface area contributed by atoms with E-state index in [0.717, 1.165) is 24.6 Å². The Morgan fingerprint density at radius 2 is 2.05 bits per heavy atom. The van der Waals surface area contributed by atoms with Gasteiger partial charge in [-0.05, 0) is 0 Å². The molecule has 0 amide bonds. The zero-order valence-electron chi connectivity index (χ0n) is 11.3. The van der Waals surface area contributed by atoms with Crippen molar-refractivity contribution in [1.29, 1.82) is 0 Å². The molecule has 1 aromatic rings. The fourth-order valence-corrected chi connectivity index (χ4v) is 8.74. The second-order valence-electron chi connectivity index (χ2n) is 5.05. The number of anilines is 2. The fraction of sp³-hybridized carbons (Fsp3) is 0.667. The van der Waals surface area contributed by atoms with E-state index in [4.69, 9.17) is 11.6 Å². The number of fused-ring (bicyclic) bond motifs is 1. The van der Waals surface area contributed by atoms with E-state index < -0.39 is 20.1 Å². The van der Waals surface area contributed by atoms with Crippen LogP contribution in [0.1, 0.15) is 6.42 Å². The Hall–Kier alpha value is -0.340. The van der Waals surface area contributed by atoms with E-state index in [9.17, 15) is 0 Å². The first-order chi connectivity index (χ1) is 9.15. The first kappa shape index (κ1) is 13.6. The van der Waals surface area contributed by atoms with Crippen molar-refractivity contribution in [3.8, 4) is 0 Å². The first-order valence-electron chi connectivity index (χ1n) is 6.47. The predicted molar refractivity (Wildman–Crippen MR) is 88.7 cm³/mol. The number of hydrogen-bond acceptors (Lipinski definition) is 5. The number of aromatic nitrogens is 2. The van der Waals surface area contributed by atoms with Crippen molar-refractivity contribution in [2.45, 2.75) is 6.42 Å². The van der Waals surface area contributed by atoms with Crippen LogP contribution in [0.2, 0.25) is 5.15 Å². The van der Waals surface area contributed by atoms with E-state index in [1.165, 1.54) is 21.9 Å². The number of alkyl halides is 2. The zero-order valence-corrected chi connectivity index (χ0v) is 14.2. The number of likely N-dealkylation sites (N-methyl/N-ethyl adjacent to an activating group) is 1. The van der Waals surface area contributed by atoms with Crippen molar-refractivity contribution in [2.24, 2.45) is 0 Å². The summed E-state index contributed by atoms with van der Waals surface area (Å²) in [6.07, 6.45) is 1.32. The third-order valence-electron chi connectivity index (χ3n) is 3.52. The average Bonchev–Trinajstić information content (AvgIpc) is 2.40. The van der Waals surface area contributed by atoms with Gasteiger partial charge in [-0.3, -0.25) is 0 Å². The third-order valence-corrected chi connectivity index (χ3v) is 10.3. The quantitative estimate of drug-likeness (QED) is 0.315. The van der Waals surface area contributed by atoms with Gasteiger partial charge in [0.15, 0.2) is 0 Å². The van der Waals surface area contributed by atoms with Crippen LogP contribution in [-0.4, -0.2) is 57.8 Å². The van der Waals surface area contributed by atoms with Gasteiger partial charge in [0, 0.05) is 0 Å². The van der Waals surface area contributed by atoms with Gasteiger partial charge in [-0.15, -0.1) is 0 Å². The molecular formula is C12H19ClIN5. The molecule has 0 radical (unpaired) electrons. The van der Waals surface area contributed by atoms with Crippen LogP contribution in [0.4, 0.5) is 11.5 Å². The van der Waals surface area contributed by atoms with Crippen molar-refractivity contribution in [3.05, 3.63) is 11.2 Å². The molecule has 2 aliphatic heterocycles. The van der Waals surface area contributed by atoms with Crippen LogP contribution in [0.5, 0.6) is 0 Å². The van der Waals surface area contributed by atoms with Crippen molar-refractivity contribution < 1.29 is 0 Å². The average molecular weight is 396 g/mol. The molecule has 0 atom stereocenters. The van der Waals surface area contributed by atoms with Gasteiger partial charge in [-0.1, -0.05) is 0 Å². The van der Waals surface area contributed by atoms with Crippen LogP contribution in [-0.2, 0) is 0 Å². The number of rotatable bonds is 1. The predicted octanol–water partition coefficient (Wildman–Crippen LogP) is 2.10. The zero-order chi connectivity index (χ0) is 13.4. The summed E-state index contributed by atoms with van der Waals surface area (Å²) in [6.45, 7) is 3.37. The fourth-order valence-electron chi connectivity index (χ4n) is 2.51. The summed E-state index contributed by atoms with van der Waals surface area (Å²) < 4.78 is 5.22. The summed E-state index contributed by atoms with van der Waals surface area (Å²) in [5.41, 5.74) is 1.14. The molecule has 3 rings (SSSR count). The third kappa shape index (κ3) is 2.75. The molecule has 0 aliphatic carbocycles. The van der Waals surface area contributed by atoms with Gasteiger partial charge in [0.1, 0.15) is 0 Å². The van der Waals surface area contributed by atoms with Gasteiger partial charge in [0.05, 0.1) is 0 Å². The molecule has 0 bridgehead atoms. The number of halogens is 2. The normalized spacial score (nSPS) is 22.6. The summed E-state index contributed by atoms with van der Waals surface area (Å²) >= 11 is 4.83. The molecule has 1 aromatic heterocycles. The molecule has 0 N–H and O–H groups in total. The van der Waals surface area contributed by atoms with E-state index in [2.05, 4.69) is 37.2 Å². The number of nitrogens with zero attached hydrogens (tertiary/aromatic N) is 5. The summed E-state index contributed by atoms with van der Waals surface area (Å²) in [5.74, 6) is 1.05. The van der Waals surface area contributed by atoms with Crippen LogP contribution in [0.15, 0.2) is 6.07 Å². The topological polar surface area (TPSA) is 35.5 Å². The van der Waals surface area contributed by atoms with E-state index in [-0.39, 0.29) is 0 Å². The van der Waals surface area contributed by atoms with Crippen LogP contribution in [0.25, 0.3) is 0 Å². The van der Waals surface area contributed by atoms with E-state index >= 15 is 0 Å². The molecule has 0 aromatic carbocycles. The van der Waals surface area contributed by atoms with E-state index in [1.807, 2.05) is 6.07 Å². The molecule has 0 unspecified atom stereocenters. The molecule has 5 nitrogen and oxygen atoms in total. The van der Waals surface area contributed by atoms with Crippen LogP contribution in [0, 0.1) is 0 Å². The monoisotopic (exact) mass is 395 g/mol. The molecule has 1 fully saturated rings. The van der Waals surface area contributed by atoms with Crippen LogP contribution < -0.4 is 8.01 Å². The second kappa shape index (κ2) is 5.57. The van der Waals surface area contributed by atoms with Gasteiger partial charge in [-0.2, -0.15) is 0 Å². The van der Waals surface area contributed by atoms with Gasteiger partial charge in [0.2, 0.25) is 0 Å². The van der Waals surface area contributed by atoms with Crippen molar-refractivity contribution in [2.75, 3.05) is 50.7 Å². The van der Waals surface area contributed by atoms with Crippen molar-refractivity contribution >= 4 is 43.2 Å². The Morgan fingerprint density at radius 3 is 2.84 bits per heavy atom. The summed E-state index contributed by atoms with van der Waals surface area (Å²) in [4.78, 5) is 4.70. The Bertz CT molecular complexity index is 471. The molecule has 19 heavy (non-hydrogen) atoms. The molecule has 1 saturated heterocycles. The van der Waals surface area contributed by atoms with E-state index in [0.29, 0.717) is 5.15 Å². The Kier molecular flexibility index (Phi) is 4.00. The van der Waals surface area contributed by atoms with Gasteiger partial charge in [-0.25, -0.2) is 0 Å². The first-order valence-corrected chi connectivity index (χ1v) is 10.9. The molecule has 106 valence electrons. The molecule has 3 heterocycles. The van der Waals surface area contributed by atoms with Crippen molar-refractivity contribution in [3.63, 3.8) is 0 Å². The van der Waals surface area contributed by atoms with E-state index in [1.54, 1.807) is 0 Å². The molecule has 7 heteroatoms. The van der Waals surface area contributed by atoms with Crippen molar-refractivity contribution in [1.82, 2.24) is 15.1 Å². The Labute approximate surface area is 126 Å². The number of hydrogen-bond donors (Lipinski definition) is 0. The minimum absolute atomic E-state index is 0.483. The Morgan fingerprint density at radius 1 is 1.21 bits per heavy atom. The second-order valence-corrected chi connectivity index (χ2v) is 10.8. The van der Waals surface area contributed by atoms with Gasteiger partial charge in [0.25, 0.3) is 0 Å². The van der Waals surface area contributed by atoms with Crippen LogP contribution in [0.3, 0.4) is 0 Å². The minimum atomic E-state index is -1.15. The van der Waals surface area contributed by atoms with Crippen LogP contribution >= 0.6 is 31.7 Å². The summed E-state index contributed by atoms with van der Waals surface area (Å²) in [6, 6.07) is 1.94. The summed E-state index contributed by atoms with van der Waals surface area (Å²) in [5, 5.41) is 8.91.